The second kappa shape index (κ2) is 7.02. The molecular formula is C15H22O4. The lowest BCUT2D eigenvalue weighted by Crippen LogP contribution is -2.10. The maximum Gasteiger partial charge on any atom is 0.303 e. The summed E-state index contributed by atoms with van der Waals surface area (Å²) in [6, 6.07) is 5.55. The summed E-state index contributed by atoms with van der Waals surface area (Å²) in [5.74, 6) is 0.657. The number of aryl methyl sites for hydroxylation is 1. The topological polar surface area (TPSA) is 55.8 Å². The molecular weight excluding hydrogens is 244 g/mol. The first-order valence-corrected chi connectivity index (χ1v) is 6.56. The standard InChI is InChI=1S/C15H22O4/c1-10(2)18-13-6-7-14(19-11(3)4)12(9-13)5-8-15(16)17/h6-7,9-11H,5,8H2,1-4H3,(H,16,17). The molecule has 0 amide bonds. The predicted octanol–water partition coefficient (Wildman–Crippen LogP) is 3.28. The van der Waals surface area contributed by atoms with Gasteiger partial charge in [0, 0.05) is 6.42 Å². The average molecular weight is 266 g/mol. The van der Waals surface area contributed by atoms with Gasteiger partial charge in [-0.3, -0.25) is 4.79 Å². The van der Waals surface area contributed by atoms with E-state index in [0.29, 0.717) is 6.42 Å². The van der Waals surface area contributed by atoms with Crippen LogP contribution in [0.2, 0.25) is 0 Å². The average Bonchev–Trinajstić information content (AvgIpc) is 2.27. The number of benzene rings is 1. The first-order chi connectivity index (χ1) is 8.88. The quantitative estimate of drug-likeness (QED) is 0.823. The largest absolute Gasteiger partial charge is 0.491 e. The second-order valence-electron chi connectivity index (χ2n) is 5.00. The minimum Gasteiger partial charge on any atom is -0.491 e. The third-order valence-corrected chi connectivity index (χ3v) is 2.37. The Labute approximate surface area is 114 Å². The fourth-order valence-corrected chi connectivity index (χ4v) is 1.71. The van der Waals surface area contributed by atoms with Crippen molar-refractivity contribution in [3.8, 4) is 11.5 Å². The maximum atomic E-state index is 10.7. The van der Waals surface area contributed by atoms with Crippen molar-refractivity contribution in [2.45, 2.75) is 52.7 Å². The predicted molar refractivity (Wildman–Crippen MR) is 73.9 cm³/mol. The van der Waals surface area contributed by atoms with Crippen LogP contribution >= 0.6 is 0 Å². The number of rotatable bonds is 7. The van der Waals surface area contributed by atoms with Crippen LogP contribution in [-0.2, 0) is 11.2 Å². The summed E-state index contributed by atoms with van der Waals surface area (Å²) in [6.07, 6.45) is 0.663. The molecule has 0 fully saturated rings. The summed E-state index contributed by atoms with van der Waals surface area (Å²) in [5, 5.41) is 8.79. The van der Waals surface area contributed by atoms with Gasteiger partial charge in [0.15, 0.2) is 0 Å². The summed E-state index contributed by atoms with van der Waals surface area (Å²) in [6.45, 7) is 7.80. The third kappa shape index (κ3) is 5.64. The zero-order valence-electron chi connectivity index (χ0n) is 12.0. The highest BCUT2D eigenvalue weighted by Gasteiger charge is 2.10. The number of hydrogen-bond donors (Lipinski definition) is 1. The first kappa shape index (κ1) is 15.3. The fourth-order valence-electron chi connectivity index (χ4n) is 1.71. The highest BCUT2D eigenvalue weighted by atomic mass is 16.5. The van der Waals surface area contributed by atoms with Gasteiger partial charge in [-0.05, 0) is 57.9 Å². The molecule has 0 bridgehead atoms. The van der Waals surface area contributed by atoms with Gasteiger partial charge in [0.1, 0.15) is 11.5 Å². The van der Waals surface area contributed by atoms with Crippen molar-refractivity contribution in [1.82, 2.24) is 0 Å². The highest BCUT2D eigenvalue weighted by Crippen LogP contribution is 2.27. The number of hydrogen-bond acceptors (Lipinski definition) is 3. The molecule has 0 radical (unpaired) electrons. The van der Waals surface area contributed by atoms with E-state index >= 15 is 0 Å². The Morgan fingerprint density at radius 1 is 1.16 bits per heavy atom. The molecule has 0 saturated heterocycles. The summed E-state index contributed by atoms with van der Waals surface area (Å²) in [5.41, 5.74) is 0.870. The molecule has 0 unspecified atom stereocenters. The second-order valence-corrected chi connectivity index (χ2v) is 5.00. The van der Waals surface area contributed by atoms with Crippen molar-refractivity contribution in [1.29, 1.82) is 0 Å². The molecule has 1 N–H and O–H groups in total. The van der Waals surface area contributed by atoms with Crippen molar-refractivity contribution >= 4 is 5.97 Å². The Morgan fingerprint density at radius 3 is 2.32 bits per heavy atom. The molecule has 0 saturated carbocycles. The minimum atomic E-state index is -0.814. The molecule has 0 atom stereocenters. The lowest BCUT2D eigenvalue weighted by atomic mass is 10.1. The van der Waals surface area contributed by atoms with Crippen molar-refractivity contribution < 1.29 is 19.4 Å². The normalized spacial score (nSPS) is 10.8. The molecule has 0 aliphatic heterocycles. The highest BCUT2D eigenvalue weighted by molar-refractivity contribution is 5.67. The van der Waals surface area contributed by atoms with Crippen LogP contribution in [-0.4, -0.2) is 23.3 Å². The van der Waals surface area contributed by atoms with E-state index < -0.39 is 5.97 Å². The van der Waals surface area contributed by atoms with Crippen molar-refractivity contribution in [2.75, 3.05) is 0 Å². The smallest absolute Gasteiger partial charge is 0.303 e. The zero-order chi connectivity index (χ0) is 14.4. The Bertz CT molecular complexity index is 424. The fraction of sp³-hybridized carbons (Fsp3) is 0.533. The van der Waals surface area contributed by atoms with Crippen molar-refractivity contribution in [2.24, 2.45) is 0 Å². The van der Waals surface area contributed by atoms with Crippen LogP contribution in [0.1, 0.15) is 39.7 Å². The van der Waals surface area contributed by atoms with Crippen LogP contribution in [0.25, 0.3) is 0 Å². The van der Waals surface area contributed by atoms with Crippen LogP contribution in [0, 0.1) is 0 Å². The zero-order valence-corrected chi connectivity index (χ0v) is 12.0. The lowest BCUT2D eigenvalue weighted by molar-refractivity contribution is -0.136. The summed E-state index contributed by atoms with van der Waals surface area (Å²) >= 11 is 0. The monoisotopic (exact) mass is 266 g/mol. The number of carboxylic acid groups (broad SMARTS) is 1. The van der Waals surface area contributed by atoms with E-state index in [-0.39, 0.29) is 18.6 Å². The van der Waals surface area contributed by atoms with Crippen LogP contribution < -0.4 is 9.47 Å². The van der Waals surface area contributed by atoms with Crippen molar-refractivity contribution in [3.05, 3.63) is 23.8 Å². The van der Waals surface area contributed by atoms with Crippen molar-refractivity contribution in [3.63, 3.8) is 0 Å². The van der Waals surface area contributed by atoms with Gasteiger partial charge in [0.05, 0.1) is 12.2 Å². The van der Waals surface area contributed by atoms with E-state index in [1.54, 1.807) is 0 Å². The van der Waals surface area contributed by atoms with Gasteiger partial charge in [-0.1, -0.05) is 0 Å². The molecule has 1 rings (SSSR count). The Balaban J connectivity index is 2.92. The van der Waals surface area contributed by atoms with Gasteiger partial charge in [0.2, 0.25) is 0 Å². The molecule has 1 aromatic rings. The molecule has 106 valence electrons. The Kier molecular flexibility index (Phi) is 5.67. The van der Waals surface area contributed by atoms with E-state index in [4.69, 9.17) is 14.6 Å². The first-order valence-electron chi connectivity index (χ1n) is 6.56. The van der Waals surface area contributed by atoms with Crippen LogP contribution in [0.5, 0.6) is 11.5 Å². The molecule has 0 heterocycles. The van der Waals surface area contributed by atoms with E-state index in [1.807, 2.05) is 45.9 Å². The van der Waals surface area contributed by atoms with E-state index in [2.05, 4.69) is 0 Å². The van der Waals surface area contributed by atoms with E-state index in [0.717, 1.165) is 17.1 Å². The number of carbonyl (C=O) groups is 1. The van der Waals surface area contributed by atoms with Crippen LogP contribution in [0.4, 0.5) is 0 Å². The molecule has 4 nitrogen and oxygen atoms in total. The molecule has 19 heavy (non-hydrogen) atoms. The van der Waals surface area contributed by atoms with E-state index in [9.17, 15) is 4.79 Å². The molecule has 0 aliphatic carbocycles. The summed E-state index contributed by atoms with van der Waals surface area (Å²) in [7, 11) is 0. The Morgan fingerprint density at radius 2 is 1.79 bits per heavy atom. The number of aliphatic carboxylic acids is 1. The SMILES string of the molecule is CC(C)Oc1ccc(OC(C)C)c(CCC(=O)O)c1. The van der Waals surface area contributed by atoms with Crippen LogP contribution in [0.15, 0.2) is 18.2 Å². The summed E-state index contributed by atoms with van der Waals surface area (Å²) < 4.78 is 11.3. The third-order valence-electron chi connectivity index (χ3n) is 2.37. The lowest BCUT2D eigenvalue weighted by Gasteiger charge is -2.16. The van der Waals surface area contributed by atoms with E-state index in [1.165, 1.54) is 0 Å². The Hall–Kier alpha value is -1.71. The minimum absolute atomic E-state index is 0.0560. The van der Waals surface area contributed by atoms with Gasteiger partial charge >= 0.3 is 5.97 Å². The molecule has 0 spiro atoms. The van der Waals surface area contributed by atoms with Gasteiger partial charge in [0.25, 0.3) is 0 Å². The maximum absolute atomic E-state index is 10.7. The number of carboxylic acids is 1. The van der Waals surface area contributed by atoms with Gasteiger partial charge in [-0.25, -0.2) is 0 Å². The van der Waals surface area contributed by atoms with Crippen LogP contribution in [0.3, 0.4) is 0 Å². The van der Waals surface area contributed by atoms with Gasteiger partial charge < -0.3 is 14.6 Å². The molecule has 0 aliphatic rings. The summed E-state index contributed by atoms with van der Waals surface area (Å²) in [4.78, 5) is 10.7. The molecule has 0 aromatic heterocycles. The van der Waals surface area contributed by atoms with Gasteiger partial charge in [-0.15, -0.1) is 0 Å². The number of ether oxygens (including phenoxy) is 2. The molecule has 4 heteroatoms. The molecule has 1 aromatic carbocycles. The van der Waals surface area contributed by atoms with Gasteiger partial charge in [-0.2, -0.15) is 0 Å².